The van der Waals surface area contributed by atoms with Gasteiger partial charge in [-0.3, -0.25) is 19.0 Å². The third-order valence-electron chi connectivity index (χ3n) is 6.37. The van der Waals surface area contributed by atoms with Gasteiger partial charge in [-0.1, -0.05) is 25.4 Å². The molecule has 11 heteroatoms. The molecule has 1 aliphatic heterocycles. The average molecular weight is 533 g/mol. The smallest absolute Gasteiger partial charge is 0.266 e. The molecule has 2 atom stereocenters. The third-order valence-corrected chi connectivity index (χ3v) is 7.87. The maximum atomic E-state index is 13.3. The molecule has 4 rings (SSSR count). The van der Waals surface area contributed by atoms with Crippen LogP contribution in [0.3, 0.4) is 0 Å². The van der Waals surface area contributed by atoms with Crippen LogP contribution in [0.15, 0.2) is 23.3 Å². The lowest BCUT2D eigenvalue weighted by Crippen LogP contribution is -2.44. The Bertz CT molecular complexity index is 1380. The van der Waals surface area contributed by atoms with Crippen LogP contribution in [0, 0.1) is 18.8 Å². The molecule has 0 bridgehead atoms. The summed E-state index contributed by atoms with van der Waals surface area (Å²) in [6.45, 7) is 7.26. The number of aromatic nitrogens is 2. The van der Waals surface area contributed by atoms with Crippen LogP contribution < -0.4 is 20.3 Å². The summed E-state index contributed by atoms with van der Waals surface area (Å²) >= 11 is 7.34. The Morgan fingerprint density at radius 2 is 1.83 bits per heavy atom. The fraction of sp³-hybridized carbons (Fsp3) is 0.440. The van der Waals surface area contributed by atoms with Crippen LogP contribution in [0.4, 0.5) is 5.69 Å². The molecule has 1 fully saturated rings. The Kier molecular flexibility index (Phi) is 7.56. The molecule has 0 spiro atoms. The molecule has 2 amide bonds. The standard InChI is InChI=1S/C25H29ClN4O5S/c1-13-6-14(2)10-29(9-13)20(31)11-30-12-27-24-21(25(30)33)15(3)22(36-24)23(32)28-17-7-16(26)18(34-4)8-19(17)35-5/h7-8,12-14H,6,9-11H2,1-5H3,(H,28,32)/t13-,14+. The van der Waals surface area contributed by atoms with Gasteiger partial charge in [0.2, 0.25) is 5.91 Å². The summed E-state index contributed by atoms with van der Waals surface area (Å²) in [6, 6.07) is 3.12. The normalized spacial score (nSPS) is 17.8. The maximum absolute atomic E-state index is 13.3. The van der Waals surface area contributed by atoms with Crippen LogP contribution in [0.1, 0.15) is 35.5 Å². The van der Waals surface area contributed by atoms with Crippen molar-refractivity contribution in [1.82, 2.24) is 14.5 Å². The van der Waals surface area contributed by atoms with E-state index in [1.165, 1.54) is 25.1 Å². The molecule has 1 aliphatic rings. The number of hydrogen-bond acceptors (Lipinski definition) is 7. The van der Waals surface area contributed by atoms with E-state index in [2.05, 4.69) is 24.1 Å². The lowest BCUT2D eigenvalue weighted by atomic mass is 9.92. The first-order chi connectivity index (χ1) is 17.1. The number of piperidine rings is 1. The number of nitrogens with zero attached hydrogens (tertiary/aromatic N) is 3. The summed E-state index contributed by atoms with van der Waals surface area (Å²) in [5.74, 6) is 1.12. The highest BCUT2D eigenvalue weighted by Crippen LogP contribution is 2.37. The molecular weight excluding hydrogens is 504 g/mol. The van der Waals surface area contributed by atoms with Gasteiger partial charge in [0.25, 0.3) is 11.5 Å². The maximum Gasteiger partial charge on any atom is 0.266 e. The summed E-state index contributed by atoms with van der Waals surface area (Å²) in [7, 11) is 2.96. The van der Waals surface area contributed by atoms with Gasteiger partial charge in [-0.05, 0) is 36.8 Å². The van der Waals surface area contributed by atoms with E-state index >= 15 is 0 Å². The minimum absolute atomic E-state index is 0.0838. The summed E-state index contributed by atoms with van der Waals surface area (Å²) in [6.07, 6.45) is 2.47. The fourth-order valence-corrected chi connectivity index (χ4v) is 6.01. The van der Waals surface area contributed by atoms with Gasteiger partial charge in [0.15, 0.2) is 0 Å². The molecule has 192 valence electrons. The van der Waals surface area contributed by atoms with Crippen molar-refractivity contribution in [2.24, 2.45) is 11.8 Å². The van der Waals surface area contributed by atoms with Gasteiger partial charge in [-0.25, -0.2) is 4.98 Å². The van der Waals surface area contributed by atoms with Crippen molar-refractivity contribution in [2.75, 3.05) is 32.6 Å². The van der Waals surface area contributed by atoms with Gasteiger partial charge >= 0.3 is 0 Å². The Morgan fingerprint density at radius 3 is 2.47 bits per heavy atom. The molecular formula is C25H29ClN4O5S. The van der Waals surface area contributed by atoms with E-state index in [1.54, 1.807) is 19.1 Å². The molecule has 0 aliphatic carbocycles. The molecule has 0 radical (unpaired) electrons. The zero-order valence-corrected chi connectivity index (χ0v) is 22.5. The number of methoxy groups -OCH3 is 2. The minimum atomic E-state index is -0.423. The lowest BCUT2D eigenvalue weighted by Gasteiger charge is -2.35. The van der Waals surface area contributed by atoms with Crippen molar-refractivity contribution in [3.63, 3.8) is 0 Å². The number of amides is 2. The van der Waals surface area contributed by atoms with E-state index in [1.807, 2.05) is 4.90 Å². The van der Waals surface area contributed by atoms with Gasteiger partial charge in [-0.15, -0.1) is 11.3 Å². The fourth-order valence-electron chi connectivity index (χ4n) is 4.74. The van der Waals surface area contributed by atoms with Crippen LogP contribution in [0.2, 0.25) is 5.02 Å². The summed E-state index contributed by atoms with van der Waals surface area (Å²) in [4.78, 5) is 46.3. The Labute approximate surface area is 218 Å². The third kappa shape index (κ3) is 5.05. The van der Waals surface area contributed by atoms with Crippen LogP contribution in [-0.4, -0.2) is 53.6 Å². The number of benzene rings is 1. The lowest BCUT2D eigenvalue weighted by molar-refractivity contribution is -0.134. The molecule has 9 nitrogen and oxygen atoms in total. The Hall–Kier alpha value is -3.11. The largest absolute Gasteiger partial charge is 0.495 e. The minimum Gasteiger partial charge on any atom is -0.495 e. The van der Waals surface area contributed by atoms with Crippen LogP contribution in [0.25, 0.3) is 10.2 Å². The van der Waals surface area contributed by atoms with Crippen molar-refractivity contribution in [1.29, 1.82) is 0 Å². The summed E-state index contributed by atoms with van der Waals surface area (Å²) in [5, 5.41) is 3.45. The van der Waals surface area contributed by atoms with E-state index in [-0.39, 0.29) is 18.0 Å². The number of fused-ring (bicyclic) bond motifs is 1. The first-order valence-corrected chi connectivity index (χ1v) is 12.8. The van der Waals surface area contributed by atoms with Crippen LogP contribution in [-0.2, 0) is 11.3 Å². The number of halogens is 1. The number of anilines is 1. The van der Waals surface area contributed by atoms with Crippen molar-refractivity contribution < 1.29 is 19.1 Å². The number of carbonyl (C=O) groups is 2. The monoisotopic (exact) mass is 532 g/mol. The van der Waals surface area contributed by atoms with Crippen LogP contribution >= 0.6 is 22.9 Å². The molecule has 3 heterocycles. The van der Waals surface area contributed by atoms with E-state index in [9.17, 15) is 14.4 Å². The second-order valence-electron chi connectivity index (χ2n) is 9.30. The second-order valence-corrected chi connectivity index (χ2v) is 10.7. The molecule has 0 unspecified atom stereocenters. The molecule has 1 N–H and O–H groups in total. The van der Waals surface area contributed by atoms with Crippen molar-refractivity contribution in [3.8, 4) is 11.5 Å². The quantitative estimate of drug-likeness (QED) is 0.510. The molecule has 2 aromatic heterocycles. The molecule has 0 saturated carbocycles. The summed E-state index contributed by atoms with van der Waals surface area (Å²) < 4.78 is 11.9. The van der Waals surface area contributed by atoms with Crippen LogP contribution in [0.5, 0.6) is 11.5 Å². The number of nitrogens with one attached hydrogen (secondary N) is 1. The second kappa shape index (κ2) is 10.5. The SMILES string of the molecule is COc1cc(OC)c(NC(=O)c2sc3ncn(CC(=O)N4C[C@H](C)C[C@H](C)C4)c(=O)c3c2C)cc1Cl. The Morgan fingerprint density at radius 1 is 1.17 bits per heavy atom. The molecule has 1 saturated heterocycles. The number of likely N-dealkylation sites (tertiary alicyclic amines) is 1. The van der Waals surface area contributed by atoms with Gasteiger partial charge in [0.05, 0.1) is 41.5 Å². The van der Waals surface area contributed by atoms with Gasteiger partial charge < -0.3 is 19.7 Å². The number of thiophene rings is 1. The number of ether oxygens (including phenoxy) is 2. The Balaban J connectivity index is 1.60. The van der Waals surface area contributed by atoms with E-state index in [0.29, 0.717) is 67.8 Å². The average Bonchev–Trinajstić information content (AvgIpc) is 3.17. The van der Waals surface area contributed by atoms with E-state index in [4.69, 9.17) is 21.1 Å². The highest BCUT2D eigenvalue weighted by molar-refractivity contribution is 7.20. The van der Waals surface area contributed by atoms with E-state index < -0.39 is 5.91 Å². The van der Waals surface area contributed by atoms with Gasteiger partial charge in [-0.2, -0.15) is 0 Å². The van der Waals surface area contributed by atoms with Gasteiger partial charge in [0, 0.05) is 19.2 Å². The molecule has 36 heavy (non-hydrogen) atoms. The topological polar surface area (TPSA) is 103 Å². The molecule has 3 aromatic rings. The van der Waals surface area contributed by atoms with Crippen molar-refractivity contribution in [3.05, 3.63) is 44.3 Å². The number of rotatable bonds is 6. The van der Waals surface area contributed by atoms with Crippen molar-refractivity contribution >= 4 is 50.7 Å². The number of hydrogen-bond donors (Lipinski definition) is 1. The number of carbonyl (C=O) groups excluding carboxylic acids is 2. The van der Waals surface area contributed by atoms with Crippen molar-refractivity contribution in [2.45, 2.75) is 33.7 Å². The predicted molar refractivity (Wildman–Crippen MR) is 141 cm³/mol. The zero-order chi connectivity index (χ0) is 26.1. The highest BCUT2D eigenvalue weighted by atomic mass is 35.5. The predicted octanol–water partition coefficient (Wildman–Crippen LogP) is 4.19. The summed E-state index contributed by atoms with van der Waals surface area (Å²) in [5.41, 5.74) is 0.529. The number of aryl methyl sites for hydroxylation is 1. The van der Waals surface area contributed by atoms with Gasteiger partial charge in [0.1, 0.15) is 22.9 Å². The van der Waals surface area contributed by atoms with E-state index in [0.717, 1.165) is 17.8 Å². The zero-order valence-electron chi connectivity index (χ0n) is 20.9. The first-order valence-electron chi connectivity index (χ1n) is 11.6. The first kappa shape index (κ1) is 26.0. The molecule has 1 aromatic carbocycles. The highest BCUT2D eigenvalue weighted by Gasteiger charge is 2.26.